The zero-order valence-electron chi connectivity index (χ0n) is 16.1. The maximum absolute atomic E-state index is 13.1. The number of nitrogens with zero attached hydrogens (tertiary/aromatic N) is 1. The van der Waals surface area contributed by atoms with Crippen molar-refractivity contribution in [2.75, 3.05) is 5.32 Å². The Hall–Kier alpha value is -2.67. The van der Waals surface area contributed by atoms with Crippen LogP contribution in [0.15, 0.2) is 42.5 Å². The van der Waals surface area contributed by atoms with E-state index in [0.29, 0.717) is 24.9 Å². The number of allylic oxidation sites excluding steroid dienone is 2. The third kappa shape index (κ3) is 4.59. The van der Waals surface area contributed by atoms with Gasteiger partial charge in [-0.05, 0) is 44.6 Å². The normalized spacial score (nSPS) is 26.6. The Kier molecular flexibility index (Phi) is 6.14. The fourth-order valence-corrected chi connectivity index (χ4v) is 3.80. The average molecular weight is 385 g/mol. The average Bonchev–Trinajstić information content (AvgIpc) is 2.70. The molecule has 3 N–H and O–H groups in total. The number of benzene rings is 1. The number of hydrogen-bond donors (Lipinski definition) is 3. The Morgan fingerprint density at radius 2 is 2.04 bits per heavy atom. The summed E-state index contributed by atoms with van der Waals surface area (Å²) in [5.41, 5.74) is 0.268. The minimum Gasteiger partial charge on any atom is -0.393 e. The number of amides is 1. The van der Waals surface area contributed by atoms with Crippen LogP contribution in [-0.4, -0.2) is 33.6 Å². The second-order valence-corrected chi connectivity index (χ2v) is 7.59. The van der Waals surface area contributed by atoms with E-state index in [2.05, 4.69) is 10.6 Å². The van der Waals surface area contributed by atoms with Gasteiger partial charge >= 0.3 is 0 Å². The van der Waals surface area contributed by atoms with Crippen molar-refractivity contribution in [3.63, 3.8) is 0 Å². The molecule has 0 heterocycles. The van der Waals surface area contributed by atoms with Gasteiger partial charge < -0.3 is 15.7 Å². The molecule has 150 valence electrons. The molecule has 0 aliphatic heterocycles. The molecule has 0 radical (unpaired) electrons. The van der Waals surface area contributed by atoms with Gasteiger partial charge in [0.05, 0.1) is 22.1 Å². The molecule has 0 bridgehead atoms. The lowest BCUT2D eigenvalue weighted by atomic mass is 9.88. The number of carbonyl (C=O) groups is 1. The number of hydrogen-bond acceptors (Lipinski definition) is 5. The van der Waals surface area contributed by atoms with Gasteiger partial charge in [-0.2, -0.15) is 0 Å². The first-order valence-electron chi connectivity index (χ1n) is 9.82. The summed E-state index contributed by atoms with van der Waals surface area (Å²) >= 11 is 0. The maximum Gasteiger partial charge on any atom is 0.270 e. The first kappa shape index (κ1) is 20.1. The molecule has 3 rings (SSSR count). The molecule has 1 aromatic carbocycles. The lowest BCUT2D eigenvalue weighted by Gasteiger charge is -2.32. The number of nitro benzene ring substituents is 1. The summed E-state index contributed by atoms with van der Waals surface area (Å²) in [5, 5.41) is 27.3. The van der Waals surface area contributed by atoms with Crippen LogP contribution < -0.4 is 10.6 Å². The van der Waals surface area contributed by atoms with Crippen LogP contribution in [0.5, 0.6) is 0 Å². The summed E-state index contributed by atoms with van der Waals surface area (Å²) in [6, 6.07) is 4.48. The standard InChI is InChI=1S/C21H27N3O4/c1-2-21(12-4-3-5-13-21)23-20(26)18-14-16(24(27)28)8-11-19(18)22-15-6-9-17(25)10-7-15/h3-5,8,11-12,14-15,17,22,25H,2,6-7,9-10,13H2,1H3,(H,23,26)/t15?,17?,21-/m1/s1. The summed E-state index contributed by atoms with van der Waals surface area (Å²) in [4.78, 5) is 23.8. The lowest BCUT2D eigenvalue weighted by molar-refractivity contribution is -0.384. The van der Waals surface area contributed by atoms with E-state index in [9.17, 15) is 20.0 Å². The number of aliphatic hydroxyl groups excluding tert-OH is 1. The quantitative estimate of drug-likeness (QED) is 0.511. The fraction of sp³-hybridized carbons (Fsp3) is 0.476. The second kappa shape index (κ2) is 8.56. The van der Waals surface area contributed by atoms with Crippen molar-refractivity contribution in [3.8, 4) is 0 Å². The largest absolute Gasteiger partial charge is 0.393 e. The van der Waals surface area contributed by atoms with Crippen LogP contribution in [0.1, 0.15) is 55.8 Å². The summed E-state index contributed by atoms with van der Waals surface area (Å²) in [6.07, 6.45) is 12.0. The van der Waals surface area contributed by atoms with Crippen LogP contribution in [-0.2, 0) is 0 Å². The van der Waals surface area contributed by atoms with Gasteiger partial charge in [-0.3, -0.25) is 14.9 Å². The third-order valence-corrected chi connectivity index (χ3v) is 5.65. The minimum atomic E-state index is -0.490. The van der Waals surface area contributed by atoms with Gasteiger partial charge in [-0.25, -0.2) is 0 Å². The molecule has 0 saturated heterocycles. The van der Waals surface area contributed by atoms with E-state index in [0.717, 1.165) is 19.3 Å². The topological polar surface area (TPSA) is 104 Å². The number of anilines is 1. The highest BCUT2D eigenvalue weighted by Crippen LogP contribution is 2.29. The van der Waals surface area contributed by atoms with Crippen LogP contribution in [0.3, 0.4) is 0 Å². The molecule has 0 unspecified atom stereocenters. The molecule has 1 fully saturated rings. The lowest BCUT2D eigenvalue weighted by Crippen LogP contribution is -2.47. The van der Waals surface area contributed by atoms with E-state index in [1.807, 2.05) is 31.2 Å². The molecular formula is C21H27N3O4. The van der Waals surface area contributed by atoms with Crippen molar-refractivity contribution in [2.24, 2.45) is 0 Å². The van der Waals surface area contributed by atoms with Gasteiger partial charge in [0.25, 0.3) is 11.6 Å². The zero-order chi connectivity index (χ0) is 20.1. The molecule has 1 saturated carbocycles. The number of nitrogens with one attached hydrogen (secondary N) is 2. The van der Waals surface area contributed by atoms with E-state index in [1.165, 1.54) is 12.1 Å². The second-order valence-electron chi connectivity index (χ2n) is 7.59. The van der Waals surface area contributed by atoms with Crippen LogP contribution in [0.4, 0.5) is 11.4 Å². The summed E-state index contributed by atoms with van der Waals surface area (Å²) in [5.74, 6) is -0.330. The zero-order valence-corrected chi connectivity index (χ0v) is 16.1. The van der Waals surface area contributed by atoms with Crippen molar-refractivity contribution >= 4 is 17.3 Å². The molecule has 7 nitrogen and oxygen atoms in total. The molecule has 2 aliphatic carbocycles. The van der Waals surface area contributed by atoms with E-state index in [-0.39, 0.29) is 29.3 Å². The highest BCUT2D eigenvalue weighted by atomic mass is 16.6. The molecule has 1 aromatic rings. The minimum absolute atomic E-state index is 0.112. The number of nitro groups is 1. The Bertz CT molecular complexity index is 797. The van der Waals surface area contributed by atoms with Gasteiger partial charge in [0.2, 0.25) is 0 Å². The third-order valence-electron chi connectivity index (χ3n) is 5.65. The smallest absolute Gasteiger partial charge is 0.270 e. The summed E-state index contributed by atoms with van der Waals surface area (Å²) in [6.45, 7) is 2.00. The molecule has 1 atom stereocenters. The monoisotopic (exact) mass is 385 g/mol. The van der Waals surface area contributed by atoms with Crippen LogP contribution in [0, 0.1) is 10.1 Å². The Morgan fingerprint density at radius 3 is 2.64 bits per heavy atom. The van der Waals surface area contributed by atoms with E-state index >= 15 is 0 Å². The van der Waals surface area contributed by atoms with Crippen molar-refractivity contribution in [1.29, 1.82) is 0 Å². The SMILES string of the molecule is CC[C@@]1(NC(=O)c2cc([N+](=O)[O-])ccc2NC2CCC(O)CC2)C=CC=CC1. The first-order valence-corrected chi connectivity index (χ1v) is 9.82. The number of aliphatic hydroxyl groups is 1. The summed E-state index contributed by atoms with van der Waals surface area (Å²) < 4.78 is 0. The van der Waals surface area contributed by atoms with Crippen molar-refractivity contribution in [3.05, 3.63) is 58.2 Å². The van der Waals surface area contributed by atoms with E-state index in [1.54, 1.807) is 6.07 Å². The van der Waals surface area contributed by atoms with Gasteiger partial charge in [0.15, 0.2) is 0 Å². The Morgan fingerprint density at radius 1 is 1.29 bits per heavy atom. The molecule has 7 heteroatoms. The van der Waals surface area contributed by atoms with Gasteiger partial charge in [0.1, 0.15) is 0 Å². The number of carbonyl (C=O) groups excluding carboxylic acids is 1. The molecule has 28 heavy (non-hydrogen) atoms. The molecular weight excluding hydrogens is 358 g/mol. The first-order chi connectivity index (χ1) is 13.4. The summed E-state index contributed by atoms with van der Waals surface area (Å²) in [7, 11) is 0. The highest BCUT2D eigenvalue weighted by Gasteiger charge is 2.29. The maximum atomic E-state index is 13.1. The van der Waals surface area contributed by atoms with Gasteiger partial charge in [0, 0.05) is 23.9 Å². The number of non-ortho nitro benzene ring substituents is 1. The van der Waals surface area contributed by atoms with Crippen LogP contribution in [0.25, 0.3) is 0 Å². The highest BCUT2D eigenvalue weighted by molar-refractivity contribution is 6.01. The van der Waals surface area contributed by atoms with Crippen molar-refractivity contribution in [1.82, 2.24) is 5.32 Å². The molecule has 2 aliphatic rings. The Labute approximate surface area is 164 Å². The van der Waals surface area contributed by atoms with Crippen molar-refractivity contribution in [2.45, 2.75) is 63.1 Å². The van der Waals surface area contributed by atoms with Crippen molar-refractivity contribution < 1.29 is 14.8 Å². The fourth-order valence-electron chi connectivity index (χ4n) is 3.80. The van der Waals surface area contributed by atoms with Gasteiger partial charge in [-0.1, -0.05) is 31.2 Å². The Balaban J connectivity index is 1.85. The van der Waals surface area contributed by atoms with Crippen LogP contribution >= 0.6 is 0 Å². The molecule has 0 aromatic heterocycles. The van der Waals surface area contributed by atoms with Crippen LogP contribution in [0.2, 0.25) is 0 Å². The number of rotatable bonds is 6. The predicted molar refractivity (Wildman–Crippen MR) is 108 cm³/mol. The predicted octanol–water partition coefficient (Wildman–Crippen LogP) is 3.70. The van der Waals surface area contributed by atoms with E-state index in [4.69, 9.17) is 0 Å². The van der Waals surface area contributed by atoms with Gasteiger partial charge in [-0.15, -0.1) is 0 Å². The van der Waals surface area contributed by atoms with E-state index < -0.39 is 10.5 Å². The molecule has 0 spiro atoms. The molecule has 1 amide bonds.